The molecule has 0 saturated heterocycles. The van der Waals surface area contributed by atoms with Crippen LogP contribution in [-0.4, -0.2) is 42.4 Å². The highest BCUT2D eigenvalue weighted by atomic mass is 79.9. The summed E-state index contributed by atoms with van der Waals surface area (Å²) in [5.74, 6) is -0.633. The molecule has 1 aliphatic rings. The first-order valence-electron chi connectivity index (χ1n) is 10.6. The maximum atomic E-state index is 12.7. The molecule has 1 N–H and O–H groups in total. The lowest BCUT2D eigenvalue weighted by Gasteiger charge is -2.12. The molecule has 0 bridgehead atoms. The topological polar surface area (TPSA) is 94.4 Å². The third kappa shape index (κ3) is 6.23. The summed E-state index contributed by atoms with van der Waals surface area (Å²) in [5.41, 5.74) is 1.87. The van der Waals surface area contributed by atoms with E-state index in [4.69, 9.17) is 14.2 Å². The van der Waals surface area contributed by atoms with Crippen molar-refractivity contribution in [2.45, 2.75) is 13.8 Å². The zero-order valence-corrected chi connectivity index (χ0v) is 21.9. The number of methoxy groups -OCH3 is 1. The van der Waals surface area contributed by atoms with Gasteiger partial charge in [0, 0.05) is 5.56 Å². The second-order valence-electron chi connectivity index (χ2n) is 7.28. The van der Waals surface area contributed by atoms with E-state index < -0.39 is 11.9 Å². The number of amides is 1. The number of carbonyl (C=O) groups excluding carboxylic acids is 2. The highest BCUT2D eigenvalue weighted by Gasteiger charge is 2.34. The number of aryl methyl sites for hydroxylation is 1. The van der Waals surface area contributed by atoms with Crippen molar-refractivity contribution >= 4 is 50.7 Å². The second-order valence-corrected chi connectivity index (χ2v) is 9.16. The lowest BCUT2D eigenvalue weighted by molar-refractivity contribution is -0.138. The van der Waals surface area contributed by atoms with Crippen LogP contribution in [0.2, 0.25) is 0 Å². The number of benzene rings is 2. The van der Waals surface area contributed by atoms with Crippen LogP contribution < -0.4 is 9.47 Å². The van der Waals surface area contributed by atoms with Gasteiger partial charge in [-0.15, -0.1) is 0 Å². The number of esters is 1. The van der Waals surface area contributed by atoms with E-state index in [1.165, 1.54) is 7.11 Å². The third-order valence-electron chi connectivity index (χ3n) is 4.77. The Balaban J connectivity index is 2.02. The Labute approximate surface area is 216 Å². The van der Waals surface area contributed by atoms with Crippen LogP contribution in [0.3, 0.4) is 0 Å². The molecule has 0 aliphatic carbocycles. The summed E-state index contributed by atoms with van der Waals surface area (Å²) >= 11 is 4.48. The fraction of sp³-hybridized carbons (Fsp3) is 0.192. The fourth-order valence-electron chi connectivity index (χ4n) is 3.10. The van der Waals surface area contributed by atoms with Crippen molar-refractivity contribution in [3.05, 3.63) is 86.5 Å². The predicted molar refractivity (Wildman–Crippen MR) is 141 cm³/mol. The van der Waals surface area contributed by atoms with Crippen LogP contribution in [0.1, 0.15) is 28.4 Å². The number of hydrogen-bond donors (Lipinski definition) is 1. The molecule has 0 unspecified atom stereocenters. The molecule has 9 heteroatoms. The molecule has 0 spiro atoms. The Morgan fingerprint density at radius 2 is 1.94 bits per heavy atom. The van der Waals surface area contributed by atoms with E-state index in [9.17, 15) is 14.7 Å². The van der Waals surface area contributed by atoms with Crippen LogP contribution >= 0.6 is 27.7 Å². The summed E-state index contributed by atoms with van der Waals surface area (Å²) in [6.45, 7) is 7.61. The van der Waals surface area contributed by atoms with Gasteiger partial charge in [-0.1, -0.05) is 42.1 Å². The minimum atomic E-state index is -0.761. The summed E-state index contributed by atoms with van der Waals surface area (Å²) in [4.78, 5) is 29.8. The number of carbonyl (C=O) groups is 2. The van der Waals surface area contributed by atoms with E-state index in [0.29, 0.717) is 38.6 Å². The quantitative estimate of drug-likeness (QED) is 0.312. The molecule has 0 fully saturated rings. The smallest absolute Gasteiger partial charge is 0.344 e. The largest absolute Gasteiger partial charge is 0.506 e. The van der Waals surface area contributed by atoms with Crippen LogP contribution in [0, 0.1) is 6.92 Å². The molecular weight excluding hydrogens is 534 g/mol. The minimum Gasteiger partial charge on any atom is -0.506 e. The van der Waals surface area contributed by atoms with E-state index in [-0.39, 0.29) is 23.0 Å². The average Bonchev–Trinajstić information content (AvgIpc) is 3.12. The Hall–Kier alpha value is -3.30. The van der Waals surface area contributed by atoms with Gasteiger partial charge in [0.1, 0.15) is 23.0 Å². The molecule has 2 aromatic carbocycles. The molecule has 0 saturated carbocycles. The first kappa shape index (κ1) is 26.3. The molecule has 1 amide bonds. The first-order chi connectivity index (χ1) is 16.8. The Kier molecular flexibility index (Phi) is 8.95. The number of ether oxygens (including phenoxy) is 3. The Morgan fingerprint density at radius 1 is 1.23 bits per heavy atom. The van der Waals surface area contributed by atoms with Gasteiger partial charge in [-0.25, -0.2) is 9.79 Å². The van der Waals surface area contributed by atoms with E-state index in [1.54, 1.807) is 55.5 Å². The molecule has 182 valence electrons. The Bertz CT molecular complexity index is 1250. The predicted octanol–water partition coefficient (Wildman–Crippen LogP) is 6.03. The first-order valence-corrected chi connectivity index (χ1v) is 12.2. The fourth-order valence-corrected chi connectivity index (χ4v) is 4.69. The molecule has 0 radical (unpaired) electrons. The van der Waals surface area contributed by atoms with E-state index in [2.05, 4.69) is 27.5 Å². The molecule has 0 aromatic heterocycles. The summed E-state index contributed by atoms with van der Waals surface area (Å²) in [7, 11) is 1.52. The monoisotopic (exact) mass is 557 g/mol. The van der Waals surface area contributed by atoms with Crippen molar-refractivity contribution in [2.75, 3.05) is 20.3 Å². The number of aliphatic hydroxyl groups is 1. The molecule has 1 aliphatic heterocycles. The van der Waals surface area contributed by atoms with Crippen LogP contribution in [0.4, 0.5) is 0 Å². The molecule has 3 rings (SSSR count). The standard InChI is InChI=1S/C26H24BrNO6S/c1-5-11-34-23-18(27)12-16(13-19(23)32-4)14-20-22(29)21(26(31)33-6-2)25(35-20)28-24(30)17-9-7-15(3)8-10-17/h5,7-10,12-14,29H,1,6,11H2,2-4H3/b20-14-,28-25?. The van der Waals surface area contributed by atoms with Crippen molar-refractivity contribution in [3.63, 3.8) is 0 Å². The molecule has 7 nitrogen and oxygen atoms in total. The van der Waals surface area contributed by atoms with Gasteiger partial charge in [0.15, 0.2) is 11.5 Å². The van der Waals surface area contributed by atoms with Gasteiger partial charge in [-0.05, 0) is 65.7 Å². The van der Waals surface area contributed by atoms with Crippen molar-refractivity contribution in [3.8, 4) is 11.5 Å². The molecule has 2 aromatic rings. The maximum Gasteiger partial charge on any atom is 0.344 e. The van der Waals surface area contributed by atoms with Crippen LogP contribution in [0.25, 0.3) is 6.08 Å². The SMILES string of the molecule is C=CCOc1c(Br)cc(/C=C2\SC(=NC(=O)c3ccc(C)cc3)C(C(=O)OCC)=C2O)cc1OC. The number of aliphatic imine (C=N–C) groups is 1. The van der Waals surface area contributed by atoms with E-state index >= 15 is 0 Å². The van der Waals surface area contributed by atoms with Gasteiger partial charge in [-0.3, -0.25) is 4.79 Å². The van der Waals surface area contributed by atoms with E-state index in [0.717, 1.165) is 17.3 Å². The Morgan fingerprint density at radius 3 is 2.57 bits per heavy atom. The van der Waals surface area contributed by atoms with Crippen LogP contribution in [-0.2, 0) is 9.53 Å². The van der Waals surface area contributed by atoms with Crippen LogP contribution in [0.5, 0.6) is 11.5 Å². The zero-order valence-electron chi connectivity index (χ0n) is 19.5. The van der Waals surface area contributed by atoms with Gasteiger partial charge >= 0.3 is 5.97 Å². The zero-order chi connectivity index (χ0) is 25.5. The normalized spacial score (nSPS) is 15.4. The van der Waals surface area contributed by atoms with E-state index in [1.807, 2.05) is 6.92 Å². The summed E-state index contributed by atoms with van der Waals surface area (Å²) in [6.07, 6.45) is 3.28. The molecular formula is C26H24BrNO6S. The van der Waals surface area contributed by atoms with Gasteiger partial charge in [0.2, 0.25) is 0 Å². The van der Waals surface area contributed by atoms with Gasteiger partial charge in [0.05, 0.1) is 23.1 Å². The number of thioether (sulfide) groups is 1. The van der Waals surface area contributed by atoms with Gasteiger partial charge in [-0.2, -0.15) is 0 Å². The molecule has 35 heavy (non-hydrogen) atoms. The number of aliphatic hydroxyl groups excluding tert-OH is 1. The number of rotatable bonds is 8. The second kappa shape index (κ2) is 11.9. The minimum absolute atomic E-state index is 0.0646. The van der Waals surface area contributed by atoms with Crippen molar-refractivity contribution < 1.29 is 28.9 Å². The summed E-state index contributed by atoms with van der Waals surface area (Å²) in [5, 5.41) is 10.9. The number of nitrogens with zero attached hydrogens (tertiary/aromatic N) is 1. The number of halogens is 1. The van der Waals surface area contributed by atoms with Crippen molar-refractivity contribution in [1.29, 1.82) is 0 Å². The van der Waals surface area contributed by atoms with Gasteiger partial charge in [0.25, 0.3) is 5.91 Å². The lowest BCUT2D eigenvalue weighted by Crippen LogP contribution is -2.14. The van der Waals surface area contributed by atoms with Crippen molar-refractivity contribution in [2.24, 2.45) is 4.99 Å². The third-order valence-corrected chi connectivity index (χ3v) is 6.38. The average molecular weight is 558 g/mol. The molecule has 0 atom stereocenters. The highest BCUT2D eigenvalue weighted by molar-refractivity contribution is 9.10. The van der Waals surface area contributed by atoms with Crippen LogP contribution in [0.15, 0.2) is 74.8 Å². The van der Waals surface area contributed by atoms with Gasteiger partial charge < -0.3 is 19.3 Å². The summed E-state index contributed by atoms with van der Waals surface area (Å²) < 4.78 is 16.8. The lowest BCUT2D eigenvalue weighted by atomic mass is 10.1. The highest BCUT2D eigenvalue weighted by Crippen LogP contribution is 2.42. The maximum absolute atomic E-state index is 12.7. The molecule has 1 heterocycles. The summed E-state index contributed by atoms with van der Waals surface area (Å²) in [6, 6.07) is 10.4. The van der Waals surface area contributed by atoms with Crippen molar-refractivity contribution in [1.82, 2.24) is 0 Å². The number of hydrogen-bond acceptors (Lipinski definition) is 7.